The molecular weight excluding hydrogens is 226 g/mol. The Morgan fingerprint density at radius 2 is 2.18 bits per heavy atom. The number of hydrogen-bond donors (Lipinski definition) is 1. The van der Waals surface area contributed by atoms with Gasteiger partial charge >= 0.3 is 0 Å². The molecule has 1 fully saturated rings. The lowest BCUT2D eigenvalue weighted by atomic mass is 9.73. The summed E-state index contributed by atoms with van der Waals surface area (Å²) in [5.41, 5.74) is 6.67. The van der Waals surface area contributed by atoms with Crippen LogP contribution in [-0.2, 0) is 6.42 Å². The zero-order valence-electron chi connectivity index (χ0n) is 11.0. The Balaban J connectivity index is 1.77. The van der Waals surface area contributed by atoms with E-state index in [0.29, 0.717) is 0 Å². The maximum absolute atomic E-state index is 6.54. The van der Waals surface area contributed by atoms with E-state index in [4.69, 9.17) is 5.73 Å². The fourth-order valence-corrected chi connectivity index (χ4v) is 3.74. The second kappa shape index (κ2) is 6.01. The quantitative estimate of drug-likeness (QED) is 0.826. The van der Waals surface area contributed by atoms with E-state index in [0.717, 1.165) is 5.92 Å². The smallest absolute Gasteiger partial charge is 0.0158 e. The van der Waals surface area contributed by atoms with Crippen LogP contribution in [-0.4, -0.2) is 5.54 Å². The second-order valence-electron chi connectivity index (χ2n) is 5.67. The van der Waals surface area contributed by atoms with Crippen LogP contribution in [0.2, 0.25) is 0 Å². The number of nitrogens with two attached hydrogens (primary N) is 1. The third kappa shape index (κ3) is 3.82. The van der Waals surface area contributed by atoms with Crippen LogP contribution in [0.5, 0.6) is 0 Å². The Kier molecular flexibility index (Phi) is 4.63. The predicted octanol–water partition coefficient (Wildman–Crippen LogP) is 4.37. The Morgan fingerprint density at radius 1 is 1.41 bits per heavy atom. The summed E-state index contributed by atoms with van der Waals surface area (Å²) in [4.78, 5) is 1.49. The van der Waals surface area contributed by atoms with Gasteiger partial charge in [0.25, 0.3) is 0 Å². The van der Waals surface area contributed by atoms with E-state index >= 15 is 0 Å². The lowest BCUT2D eigenvalue weighted by Gasteiger charge is -2.37. The zero-order valence-corrected chi connectivity index (χ0v) is 11.8. The molecule has 1 aromatic rings. The summed E-state index contributed by atoms with van der Waals surface area (Å²) in [7, 11) is 0. The van der Waals surface area contributed by atoms with Crippen molar-refractivity contribution in [3.63, 3.8) is 0 Å². The maximum Gasteiger partial charge on any atom is 0.0158 e. The summed E-state index contributed by atoms with van der Waals surface area (Å²) in [6.07, 6.45) is 10.3. The van der Waals surface area contributed by atoms with Crippen molar-refractivity contribution in [1.82, 2.24) is 0 Å². The highest BCUT2D eigenvalue weighted by Gasteiger charge is 2.30. The van der Waals surface area contributed by atoms with Crippen molar-refractivity contribution in [2.75, 3.05) is 0 Å². The van der Waals surface area contributed by atoms with E-state index in [2.05, 4.69) is 24.4 Å². The molecule has 1 saturated carbocycles. The Morgan fingerprint density at radius 3 is 2.76 bits per heavy atom. The highest BCUT2D eigenvalue weighted by Crippen LogP contribution is 2.35. The van der Waals surface area contributed by atoms with Crippen LogP contribution >= 0.6 is 11.3 Å². The number of rotatable bonds is 5. The van der Waals surface area contributed by atoms with Gasteiger partial charge in [0, 0.05) is 10.4 Å². The third-order valence-electron chi connectivity index (χ3n) is 4.25. The SMILES string of the molecule is CCCC1CCC(N)(CCc2cccs2)CC1. The monoisotopic (exact) mass is 251 g/mol. The van der Waals surface area contributed by atoms with Gasteiger partial charge < -0.3 is 5.73 Å². The Bertz CT molecular complexity index is 310. The fraction of sp³-hybridized carbons (Fsp3) is 0.733. The molecule has 0 aliphatic heterocycles. The summed E-state index contributed by atoms with van der Waals surface area (Å²) in [6.45, 7) is 2.29. The molecule has 0 aromatic carbocycles. The zero-order chi connectivity index (χ0) is 12.1. The van der Waals surface area contributed by atoms with Crippen LogP contribution < -0.4 is 5.73 Å². The van der Waals surface area contributed by atoms with Gasteiger partial charge in [-0.25, -0.2) is 0 Å². The van der Waals surface area contributed by atoms with Crippen molar-refractivity contribution in [1.29, 1.82) is 0 Å². The number of aryl methyl sites for hydroxylation is 1. The molecule has 0 saturated heterocycles. The number of hydrogen-bond acceptors (Lipinski definition) is 2. The molecule has 2 rings (SSSR count). The molecule has 0 bridgehead atoms. The first-order valence-electron chi connectivity index (χ1n) is 7.03. The topological polar surface area (TPSA) is 26.0 Å². The summed E-state index contributed by atoms with van der Waals surface area (Å²) >= 11 is 1.86. The molecule has 1 nitrogen and oxygen atoms in total. The van der Waals surface area contributed by atoms with Crippen LogP contribution in [0.15, 0.2) is 17.5 Å². The van der Waals surface area contributed by atoms with Gasteiger partial charge in [-0.3, -0.25) is 0 Å². The van der Waals surface area contributed by atoms with E-state index in [1.165, 1.54) is 56.2 Å². The Labute approximate surface area is 109 Å². The van der Waals surface area contributed by atoms with E-state index in [9.17, 15) is 0 Å². The van der Waals surface area contributed by atoms with Crippen molar-refractivity contribution in [2.45, 2.75) is 63.8 Å². The second-order valence-corrected chi connectivity index (χ2v) is 6.71. The van der Waals surface area contributed by atoms with Gasteiger partial charge in [0.1, 0.15) is 0 Å². The van der Waals surface area contributed by atoms with Crippen molar-refractivity contribution in [3.8, 4) is 0 Å². The summed E-state index contributed by atoms with van der Waals surface area (Å²) in [5.74, 6) is 0.957. The van der Waals surface area contributed by atoms with Crippen molar-refractivity contribution < 1.29 is 0 Å². The standard InChI is InChI=1S/C15H25NS/c1-2-4-13-6-9-15(16,10-7-13)11-8-14-5-3-12-17-14/h3,5,12-13H,2,4,6-11,16H2,1H3. The van der Waals surface area contributed by atoms with Gasteiger partial charge in [0.05, 0.1) is 0 Å². The molecule has 17 heavy (non-hydrogen) atoms. The highest BCUT2D eigenvalue weighted by molar-refractivity contribution is 7.09. The first-order chi connectivity index (χ1) is 8.22. The van der Waals surface area contributed by atoms with Gasteiger partial charge in [-0.1, -0.05) is 25.8 Å². The molecule has 0 atom stereocenters. The summed E-state index contributed by atoms with van der Waals surface area (Å²) < 4.78 is 0. The molecule has 0 spiro atoms. The molecule has 1 aliphatic rings. The van der Waals surface area contributed by atoms with E-state index in [-0.39, 0.29) is 5.54 Å². The minimum Gasteiger partial charge on any atom is -0.325 e. The van der Waals surface area contributed by atoms with Crippen LogP contribution in [0.1, 0.15) is 56.7 Å². The molecular formula is C15H25NS. The van der Waals surface area contributed by atoms with Gasteiger partial charge in [-0.05, 0) is 55.9 Å². The first-order valence-corrected chi connectivity index (χ1v) is 7.91. The van der Waals surface area contributed by atoms with Gasteiger partial charge in [-0.15, -0.1) is 11.3 Å². The third-order valence-corrected chi connectivity index (χ3v) is 5.18. The fourth-order valence-electron chi connectivity index (χ4n) is 3.03. The van der Waals surface area contributed by atoms with Gasteiger partial charge in [0.15, 0.2) is 0 Å². The molecule has 1 aromatic heterocycles. The molecule has 1 aliphatic carbocycles. The van der Waals surface area contributed by atoms with Crippen molar-refractivity contribution >= 4 is 11.3 Å². The van der Waals surface area contributed by atoms with Gasteiger partial charge in [0.2, 0.25) is 0 Å². The van der Waals surface area contributed by atoms with Crippen LogP contribution in [0, 0.1) is 5.92 Å². The maximum atomic E-state index is 6.54. The normalized spacial score (nSPS) is 29.4. The van der Waals surface area contributed by atoms with Crippen LogP contribution in [0.25, 0.3) is 0 Å². The van der Waals surface area contributed by atoms with E-state index in [1.807, 2.05) is 11.3 Å². The van der Waals surface area contributed by atoms with Gasteiger partial charge in [-0.2, -0.15) is 0 Å². The molecule has 0 unspecified atom stereocenters. The van der Waals surface area contributed by atoms with E-state index < -0.39 is 0 Å². The summed E-state index contributed by atoms with van der Waals surface area (Å²) in [5, 5.41) is 2.16. The van der Waals surface area contributed by atoms with Crippen molar-refractivity contribution in [3.05, 3.63) is 22.4 Å². The van der Waals surface area contributed by atoms with Crippen molar-refractivity contribution in [2.24, 2.45) is 11.7 Å². The average molecular weight is 251 g/mol. The summed E-state index contributed by atoms with van der Waals surface area (Å²) in [6, 6.07) is 4.37. The molecule has 0 amide bonds. The van der Waals surface area contributed by atoms with Crippen LogP contribution in [0.4, 0.5) is 0 Å². The lowest BCUT2D eigenvalue weighted by Crippen LogP contribution is -2.43. The largest absolute Gasteiger partial charge is 0.325 e. The molecule has 0 radical (unpaired) electrons. The Hall–Kier alpha value is -0.340. The first kappa shape index (κ1) is 13.1. The minimum absolute atomic E-state index is 0.133. The van der Waals surface area contributed by atoms with E-state index in [1.54, 1.807) is 0 Å². The molecule has 2 N–H and O–H groups in total. The minimum atomic E-state index is 0.133. The predicted molar refractivity (Wildman–Crippen MR) is 76.4 cm³/mol. The lowest BCUT2D eigenvalue weighted by molar-refractivity contribution is 0.214. The highest BCUT2D eigenvalue weighted by atomic mass is 32.1. The number of thiophene rings is 1. The molecule has 96 valence electrons. The molecule has 1 heterocycles. The molecule has 2 heteroatoms. The van der Waals surface area contributed by atoms with Crippen LogP contribution in [0.3, 0.4) is 0 Å². The average Bonchev–Trinajstić information content (AvgIpc) is 2.84.